The van der Waals surface area contributed by atoms with Crippen LogP contribution in [0.4, 0.5) is 0 Å². The number of methoxy groups -OCH3 is 1. The van der Waals surface area contributed by atoms with Crippen molar-refractivity contribution in [3.63, 3.8) is 0 Å². The molecule has 2 fully saturated rings. The number of carbonyl (C=O) groups is 1. The van der Waals surface area contributed by atoms with E-state index in [-0.39, 0.29) is 11.5 Å². The van der Waals surface area contributed by atoms with Crippen LogP contribution in [0.3, 0.4) is 0 Å². The summed E-state index contributed by atoms with van der Waals surface area (Å²) in [6.45, 7) is 1.21. The van der Waals surface area contributed by atoms with E-state index in [4.69, 9.17) is 4.74 Å². The van der Waals surface area contributed by atoms with Gasteiger partial charge in [0, 0.05) is 19.7 Å². The average Bonchev–Trinajstić information content (AvgIpc) is 2.61. The molecule has 0 unspecified atom stereocenters. The van der Waals surface area contributed by atoms with Gasteiger partial charge in [-0.25, -0.2) is 0 Å². The van der Waals surface area contributed by atoms with Crippen LogP contribution in [-0.2, 0) is 9.53 Å². The van der Waals surface area contributed by atoms with Crippen LogP contribution in [0.25, 0.3) is 0 Å². The number of ether oxygens (including phenoxy) is 1. The lowest BCUT2D eigenvalue weighted by Crippen LogP contribution is -2.50. The van der Waals surface area contributed by atoms with Crippen molar-refractivity contribution in [3.05, 3.63) is 0 Å². The zero-order valence-corrected chi connectivity index (χ0v) is 12.2. The van der Waals surface area contributed by atoms with Gasteiger partial charge < -0.3 is 15.4 Å². The number of carbonyl (C=O) groups excluding carboxylic acids is 1. The topological polar surface area (TPSA) is 50.4 Å². The maximum atomic E-state index is 11.9. The van der Waals surface area contributed by atoms with E-state index in [0.29, 0.717) is 12.6 Å². The lowest BCUT2D eigenvalue weighted by atomic mass is 9.80. The molecule has 2 aliphatic rings. The first kappa shape index (κ1) is 14.8. The second-order valence-corrected chi connectivity index (χ2v) is 6.10. The van der Waals surface area contributed by atoms with E-state index < -0.39 is 0 Å². The van der Waals surface area contributed by atoms with Crippen LogP contribution in [-0.4, -0.2) is 37.7 Å². The fraction of sp³-hybridized carbons (Fsp3) is 0.933. The largest absolute Gasteiger partial charge is 0.377 e. The van der Waals surface area contributed by atoms with Gasteiger partial charge >= 0.3 is 0 Å². The second-order valence-electron chi connectivity index (χ2n) is 6.10. The van der Waals surface area contributed by atoms with Crippen molar-refractivity contribution in [2.45, 2.75) is 69.4 Å². The summed E-state index contributed by atoms with van der Waals surface area (Å²) in [6, 6.07) is 0.400. The Bertz CT molecular complexity index is 276. The van der Waals surface area contributed by atoms with Crippen LogP contribution in [0.15, 0.2) is 0 Å². The number of hydrogen-bond donors (Lipinski definition) is 2. The number of hydrogen-bond acceptors (Lipinski definition) is 3. The zero-order chi connectivity index (χ0) is 13.6. The quantitative estimate of drug-likeness (QED) is 0.724. The van der Waals surface area contributed by atoms with Crippen molar-refractivity contribution in [2.24, 2.45) is 0 Å². The van der Waals surface area contributed by atoms with Crippen LogP contribution in [0, 0.1) is 0 Å². The molecular weight excluding hydrogens is 240 g/mol. The SMILES string of the molecule is COC1(CNCC(=O)NC2CCCCCC2)CCC1. The minimum Gasteiger partial charge on any atom is -0.377 e. The Morgan fingerprint density at radius 3 is 2.37 bits per heavy atom. The third kappa shape index (κ3) is 4.46. The highest BCUT2D eigenvalue weighted by atomic mass is 16.5. The Kier molecular flexibility index (Phi) is 5.64. The fourth-order valence-electron chi connectivity index (χ4n) is 3.13. The Labute approximate surface area is 116 Å². The highest BCUT2D eigenvalue weighted by Crippen LogP contribution is 2.34. The molecule has 0 aliphatic heterocycles. The van der Waals surface area contributed by atoms with Crippen molar-refractivity contribution in [1.82, 2.24) is 10.6 Å². The van der Waals surface area contributed by atoms with Crippen molar-refractivity contribution in [2.75, 3.05) is 20.2 Å². The van der Waals surface area contributed by atoms with E-state index >= 15 is 0 Å². The standard InChI is InChI=1S/C15H28N2O2/c1-19-15(9-6-10-15)12-16-11-14(18)17-13-7-4-2-3-5-8-13/h13,16H,2-12H2,1H3,(H,17,18). The third-order valence-corrected chi connectivity index (χ3v) is 4.65. The summed E-state index contributed by atoms with van der Waals surface area (Å²) in [4.78, 5) is 11.9. The monoisotopic (exact) mass is 268 g/mol. The van der Waals surface area contributed by atoms with E-state index in [0.717, 1.165) is 32.2 Å². The van der Waals surface area contributed by atoms with Crippen molar-refractivity contribution in [1.29, 1.82) is 0 Å². The molecule has 0 heterocycles. The maximum Gasteiger partial charge on any atom is 0.234 e. The predicted molar refractivity (Wildman–Crippen MR) is 76.1 cm³/mol. The molecule has 4 nitrogen and oxygen atoms in total. The first-order chi connectivity index (χ1) is 9.24. The van der Waals surface area contributed by atoms with E-state index in [1.54, 1.807) is 7.11 Å². The Morgan fingerprint density at radius 1 is 1.16 bits per heavy atom. The van der Waals surface area contributed by atoms with E-state index in [1.807, 2.05) is 0 Å². The minimum atomic E-state index is 0.00258. The number of amides is 1. The van der Waals surface area contributed by atoms with E-state index in [9.17, 15) is 4.79 Å². The number of rotatable bonds is 6. The summed E-state index contributed by atoms with van der Waals surface area (Å²) in [5, 5.41) is 6.40. The molecule has 0 spiro atoms. The van der Waals surface area contributed by atoms with Gasteiger partial charge in [0.1, 0.15) is 0 Å². The van der Waals surface area contributed by atoms with Gasteiger partial charge in [-0.05, 0) is 32.1 Å². The van der Waals surface area contributed by atoms with Crippen molar-refractivity contribution >= 4 is 5.91 Å². The van der Waals surface area contributed by atoms with Crippen LogP contribution in [0.2, 0.25) is 0 Å². The molecule has 2 rings (SSSR count). The summed E-state index contributed by atoms with van der Waals surface area (Å²) >= 11 is 0. The first-order valence-corrected chi connectivity index (χ1v) is 7.79. The van der Waals surface area contributed by atoms with Gasteiger partial charge in [0.2, 0.25) is 5.91 Å². The lowest BCUT2D eigenvalue weighted by molar-refractivity contribution is -0.121. The second kappa shape index (κ2) is 7.25. The average molecular weight is 268 g/mol. The molecule has 1 amide bonds. The fourth-order valence-corrected chi connectivity index (χ4v) is 3.13. The van der Waals surface area contributed by atoms with Gasteiger partial charge in [-0.2, -0.15) is 0 Å². The molecule has 0 radical (unpaired) electrons. The van der Waals surface area contributed by atoms with Gasteiger partial charge in [0.15, 0.2) is 0 Å². The van der Waals surface area contributed by atoms with Crippen molar-refractivity contribution in [3.8, 4) is 0 Å². The molecule has 4 heteroatoms. The summed E-state index contributed by atoms with van der Waals surface area (Å²) in [6.07, 6.45) is 10.9. The molecule has 0 aromatic heterocycles. The summed E-state index contributed by atoms with van der Waals surface area (Å²) in [5.41, 5.74) is 0.00258. The van der Waals surface area contributed by atoms with E-state index in [1.165, 1.54) is 32.1 Å². The summed E-state index contributed by atoms with van der Waals surface area (Å²) in [5.74, 6) is 0.137. The molecule has 2 aliphatic carbocycles. The van der Waals surface area contributed by atoms with Gasteiger partial charge in [0.05, 0.1) is 12.1 Å². The highest BCUT2D eigenvalue weighted by Gasteiger charge is 2.36. The predicted octanol–water partition coefficient (Wildman–Crippen LogP) is 1.98. The summed E-state index contributed by atoms with van der Waals surface area (Å²) < 4.78 is 5.53. The smallest absolute Gasteiger partial charge is 0.234 e. The minimum absolute atomic E-state index is 0.00258. The molecule has 0 bridgehead atoms. The Morgan fingerprint density at radius 2 is 1.84 bits per heavy atom. The maximum absolute atomic E-state index is 11.9. The number of nitrogens with one attached hydrogen (secondary N) is 2. The Hall–Kier alpha value is -0.610. The van der Waals surface area contributed by atoms with Crippen molar-refractivity contribution < 1.29 is 9.53 Å². The normalized spacial score (nSPS) is 23.4. The molecule has 0 aromatic rings. The Balaban J connectivity index is 1.61. The molecule has 19 heavy (non-hydrogen) atoms. The molecule has 2 N–H and O–H groups in total. The zero-order valence-electron chi connectivity index (χ0n) is 12.2. The molecular formula is C15H28N2O2. The molecule has 0 aromatic carbocycles. The molecule has 2 saturated carbocycles. The van der Waals surface area contributed by atoms with Crippen LogP contribution < -0.4 is 10.6 Å². The highest BCUT2D eigenvalue weighted by molar-refractivity contribution is 5.78. The van der Waals surface area contributed by atoms with Gasteiger partial charge in [-0.3, -0.25) is 4.79 Å². The van der Waals surface area contributed by atoms with E-state index in [2.05, 4.69) is 10.6 Å². The van der Waals surface area contributed by atoms with Crippen LogP contribution >= 0.6 is 0 Å². The van der Waals surface area contributed by atoms with Gasteiger partial charge in [-0.15, -0.1) is 0 Å². The van der Waals surface area contributed by atoms with Crippen LogP contribution in [0.1, 0.15) is 57.8 Å². The molecule has 0 saturated heterocycles. The first-order valence-electron chi connectivity index (χ1n) is 7.79. The lowest BCUT2D eigenvalue weighted by Gasteiger charge is -2.40. The molecule has 110 valence electrons. The third-order valence-electron chi connectivity index (χ3n) is 4.65. The molecule has 0 atom stereocenters. The summed E-state index contributed by atoms with van der Waals surface area (Å²) in [7, 11) is 1.77. The van der Waals surface area contributed by atoms with Gasteiger partial charge in [0.25, 0.3) is 0 Å². The van der Waals surface area contributed by atoms with Crippen LogP contribution in [0.5, 0.6) is 0 Å². The van der Waals surface area contributed by atoms with Gasteiger partial charge in [-0.1, -0.05) is 25.7 Å².